The van der Waals surface area contributed by atoms with Crippen molar-refractivity contribution < 1.29 is 9.53 Å². The summed E-state index contributed by atoms with van der Waals surface area (Å²) in [5.74, 6) is 0. The lowest BCUT2D eigenvalue weighted by molar-refractivity contribution is -0.128. The van der Waals surface area contributed by atoms with Crippen LogP contribution in [0.25, 0.3) is 0 Å². The molecule has 17 heavy (non-hydrogen) atoms. The van der Waals surface area contributed by atoms with Crippen LogP contribution in [0, 0.1) is 0 Å². The molecule has 88 valence electrons. The number of hydrogen-bond donors (Lipinski definition) is 0. The summed E-state index contributed by atoms with van der Waals surface area (Å²) in [7, 11) is 0. The summed E-state index contributed by atoms with van der Waals surface area (Å²) < 4.78 is 4.62. The van der Waals surface area contributed by atoms with E-state index in [0.717, 1.165) is 16.4 Å². The smallest absolute Gasteiger partial charge is 0.293 e. The molecule has 1 heterocycles. The van der Waals surface area contributed by atoms with Crippen LogP contribution in [0.15, 0.2) is 30.3 Å². The maximum absolute atomic E-state index is 9.99. The summed E-state index contributed by atoms with van der Waals surface area (Å²) in [4.78, 5) is 9.99. The van der Waals surface area contributed by atoms with Gasteiger partial charge in [0.1, 0.15) is 10.0 Å². The first-order chi connectivity index (χ1) is 8.38. The van der Waals surface area contributed by atoms with E-state index in [1.54, 1.807) is 11.3 Å². The van der Waals surface area contributed by atoms with Crippen LogP contribution < -0.4 is 0 Å². The minimum atomic E-state index is 0.365. The highest BCUT2D eigenvalue weighted by atomic mass is 32.1. The van der Waals surface area contributed by atoms with Gasteiger partial charge in [-0.1, -0.05) is 30.3 Å². The molecule has 2 rings (SSSR count). The first-order valence-electron chi connectivity index (χ1n) is 5.29. The predicted molar refractivity (Wildman–Crippen MR) is 64.9 cm³/mol. The molecular formula is C12H12N2O2S. The molecule has 5 heteroatoms. The third kappa shape index (κ3) is 3.64. The first kappa shape index (κ1) is 11.7. The van der Waals surface area contributed by atoms with Crippen molar-refractivity contribution in [3.05, 3.63) is 45.9 Å². The Balaban J connectivity index is 1.92. The highest BCUT2D eigenvalue weighted by molar-refractivity contribution is 7.11. The van der Waals surface area contributed by atoms with E-state index in [-0.39, 0.29) is 0 Å². The van der Waals surface area contributed by atoms with Crippen LogP contribution in [0.5, 0.6) is 0 Å². The number of nitrogens with zero attached hydrogens (tertiary/aromatic N) is 2. The normalized spacial score (nSPS) is 10.1. The Labute approximate surface area is 103 Å². The van der Waals surface area contributed by atoms with Gasteiger partial charge in [-0.25, -0.2) is 0 Å². The molecule has 0 atom stereocenters. The first-order valence-corrected chi connectivity index (χ1v) is 6.10. The standard InChI is InChI=1S/C12H12N2O2S/c15-9-16-7-6-11-13-14-12(17-11)8-10-4-2-1-3-5-10/h1-5,9H,6-8H2. The Morgan fingerprint density at radius 2 is 1.94 bits per heavy atom. The van der Waals surface area contributed by atoms with E-state index in [4.69, 9.17) is 0 Å². The lowest BCUT2D eigenvalue weighted by Gasteiger charge is -1.95. The Bertz CT molecular complexity index is 470. The largest absolute Gasteiger partial charge is 0.467 e. The Hall–Kier alpha value is -1.75. The average molecular weight is 248 g/mol. The predicted octanol–water partition coefficient (Wildman–Crippen LogP) is 1.84. The van der Waals surface area contributed by atoms with Gasteiger partial charge in [0, 0.05) is 12.8 Å². The van der Waals surface area contributed by atoms with E-state index < -0.39 is 0 Å². The second-order valence-electron chi connectivity index (χ2n) is 3.47. The second-order valence-corrected chi connectivity index (χ2v) is 4.62. The minimum Gasteiger partial charge on any atom is -0.467 e. The molecule has 0 radical (unpaired) electrons. The Morgan fingerprint density at radius 3 is 2.71 bits per heavy atom. The third-order valence-electron chi connectivity index (χ3n) is 2.21. The van der Waals surface area contributed by atoms with Gasteiger partial charge in [0.2, 0.25) is 0 Å². The molecule has 1 aromatic carbocycles. The topological polar surface area (TPSA) is 52.1 Å². The molecule has 4 nitrogen and oxygen atoms in total. The average Bonchev–Trinajstić information content (AvgIpc) is 2.79. The van der Waals surface area contributed by atoms with Crippen molar-refractivity contribution in [2.24, 2.45) is 0 Å². The summed E-state index contributed by atoms with van der Waals surface area (Å²) >= 11 is 1.56. The molecule has 0 saturated heterocycles. The van der Waals surface area contributed by atoms with Gasteiger partial charge in [0.05, 0.1) is 6.61 Å². The van der Waals surface area contributed by atoms with Gasteiger partial charge in [0.25, 0.3) is 6.47 Å². The van der Waals surface area contributed by atoms with Crippen molar-refractivity contribution in [2.45, 2.75) is 12.8 Å². The van der Waals surface area contributed by atoms with Crippen LogP contribution >= 0.6 is 11.3 Å². The van der Waals surface area contributed by atoms with Gasteiger partial charge in [-0.2, -0.15) is 0 Å². The van der Waals surface area contributed by atoms with Crippen LogP contribution in [0.4, 0.5) is 0 Å². The minimum absolute atomic E-state index is 0.365. The number of carbonyl (C=O) groups excluding carboxylic acids is 1. The zero-order valence-electron chi connectivity index (χ0n) is 9.20. The maximum Gasteiger partial charge on any atom is 0.293 e. The van der Waals surface area contributed by atoms with Crippen LogP contribution in [0.2, 0.25) is 0 Å². The molecule has 0 aliphatic heterocycles. The maximum atomic E-state index is 9.99. The number of ether oxygens (including phenoxy) is 1. The Morgan fingerprint density at radius 1 is 1.18 bits per heavy atom. The molecule has 0 unspecified atom stereocenters. The van der Waals surface area contributed by atoms with Gasteiger partial charge in [-0.05, 0) is 5.56 Å². The van der Waals surface area contributed by atoms with E-state index in [0.29, 0.717) is 19.5 Å². The van der Waals surface area contributed by atoms with E-state index in [1.165, 1.54) is 5.56 Å². The number of benzene rings is 1. The van der Waals surface area contributed by atoms with Gasteiger partial charge >= 0.3 is 0 Å². The number of hydrogen-bond acceptors (Lipinski definition) is 5. The van der Waals surface area contributed by atoms with Crippen molar-refractivity contribution in [3.8, 4) is 0 Å². The summed E-state index contributed by atoms with van der Waals surface area (Å²) in [6, 6.07) is 10.1. The van der Waals surface area contributed by atoms with Crippen LogP contribution in [-0.4, -0.2) is 23.3 Å². The molecule has 0 spiro atoms. The van der Waals surface area contributed by atoms with E-state index in [9.17, 15) is 4.79 Å². The fourth-order valence-electron chi connectivity index (χ4n) is 1.43. The second kappa shape index (κ2) is 6.10. The van der Waals surface area contributed by atoms with E-state index in [1.807, 2.05) is 18.2 Å². The highest BCUT2D eigenvalue weighted by Gasteiger charge is 2.04. The van der Waals surface area contributed by atoms with Gasteiger partial charge in [-0.15, -0.1) is 21.5 Å². The van der Waals surface area contributed by atoms with Crippen molar-refractivity contribution in [1.29, 1.82) is 0 Å². The molecule has 0 saturated carbocycles. The van der Waals surface area contributed by atoms with Crippen LogP contribution in [0.3, 0.4) is 0 Å². The van der Waals surface area contributed by atoms with Gasteiger partial charge in [-0.3, -0.25) is 4.79 Å². The number of carbonyl (C=O) groups is 1. The molecule has 0 aliphatic carbocycles. The molecule has 0 fully saturated rings. The SMILES string of the molecule is O=COCCc1nnc(Cc2ccccc2)s1. The quantitative estimate of drug-likeness (QED) is 0.578. The van der Waals surface area contributed by atoms with Crippen LogP contribution in [-0.2, 0) is 22.4 Å². The molecule has 0 amide bonds. The highest BCUT2D eigenvalue weighted by Crippen LogP contribution is 2.14. The molecule has 1 aromatic heterocycles. The van der Waals surface area contributed by atoms with Gasteiger partial charge in [0.15, 0.2) is 0 Å². The fraction of sp³-hybridized carbons (Fsp3) is 0.250. The summed E-state index contributed by atoms with van der Waals surface area (Å²) in [5.41, 5.74) is 1.22. The summed E-state index contributed by atoms with van der Waals surface area (Å²) in [6.45, 7) is 0.815. The lowest BCUT2D eigenvalue weighted by Crippen LogP contribution is -1.95. The van der Waals surface area contributed by atoms with Crippen molar-refractivity contribution in [1.82, 2.24) is 10.2 Å². The Kier molecular flexibility index (Phi) is 4.21. The lowest BCUT2D eigenvalue weighted by atomic mass is 10.2. The molecule has 2 aromatic rings. The molecule has 0 bridgehead atoms. The van der Waals surface area contributed by atoms with Crippen molar-refractivity contribution in [3.63, 3.8) is 0 Å². The fourth-order valence-corrected chi connectivity index (χ4v) is 2.29. The molecular weight excluding hydrogens is 236 g/mol. The van der Waals surface area contributed by atoms with Crippen molar-refractivity contribution >= 4 is 17.8 Å². The number of aromatic nitrogens is 2. The monoisotopic (exact) mass is 248 g/mol. The zero-order chi connectivity index (χ0) is 11.9. The van der Waals surface area contributed by atoms with E-state index >= 15 is 0 Å². The third-order valence-corrected chi connectivity index (χ3v) is 3.19. The van der Waals surface area contributed by atoms with Crippen LogP contribution in [0.1, 0.15) is 15.6 Å². The molecule has 0 aliphatic rings. The number of rotatable bonds is 6. The zero-order valence-corrected chi connectivity index (χ0v) is 10.0. The summed E-state index contributed by atoms with van der Waals surface area (Å²) in [6.07, 6.45) is 1.43. The van der Waals surface area contributed by atoms with Crippen molar-refractivity contribution in [2.75, 3.05) is 6.61 Å². The van der Waals surface area contributed by atoms with E-state index in [2.05, 4.69) is 27.1 Å². The summed E-state index contributed by atoms with van der Waals surface area (Å²) in [5, 5.41) is 10.1. The van der Waals surface area contributed by atoms with Gasteiger partial charge < -0.3 is 4.74 Å². The molecule has 0 N–H and O–H groups in total.